The topological polar surface area (TPSA) is 106 Å². The largest absolute Gasteiger partial charge is 0.495 e. The Morgan fingerprint density at radius 1 is 1.46 bits per heavy atom. The molecule has 1 aromatic carbocycles. The van der Waals surface area contributed by atoms with Crippen LogP contribution in [-0.2, 0) is 21.2 Å². The zero-order valence-electron chi connectivity index (χ0n) is 14.8. The molecule has 0 radical (unpaired) electrons. The van der Waals surface area contributed by atoms with E-state index in [0.29, 0.717) is 31.2 Å². The van der Waals surface area contributed by atoms with Gasteiger partial charge in [-0.3, -0.25) is 9.69 Å². The van der Waals surface area contributed by atoms with Crippen LogP contribution in [0, 0.1) is 0 Å². The minimum Gasteiger partial charge on any atom is -0.495 e. The lowest BCUT2D eigenvalue weighted by molar-refractivity contribution is -0.240. The van der Waals surface area contributed by atoms with Gasteiger partial charge < -0.3 is 25.8 Å². The lowest BCUT2D eigenvalue weighted by Crippen LogP contribution is -2.51. The lowest BCUT2D eigenvalue weighted by atomic mass is 10.0. The van der Waals surface area contributed by atoms with Crippen molar-refractivity contribution in [2.45, 2.75) is 31.5 Å². The number of para-hydroxylation sites is 1. The third kappa shape index (κ3) is 3.92. The van der Waals surface area contributed by atoms with E-state index in [1.807, 2.05) is 23.1 Å². The standard InChI is InChI=1S/C18H25N3O5/c1-24-14-4-2-3-12(11-22)16(14)20-13-5-8-21(9-6-13)17(18(19)23)15-7-10-25-26-15/h2-4,7,13,17,20,22H,5-6,8-11H2,1H3,(H2,19,23). The van der Waals surface area contributed by atoms with Crippen molar-refractivity contribution in [1.29, 1.82) is 0 Å². The SMILES string of the molecule is COc1cccc(CO)c1NC1CCN(C(C(N)=O)C2=CCOO2)CC1. The number of anilines is 1. The molecule has 2 aliphatic heterocycles. The first kappa shape index (κ1) is 18.5. The molecule has 1 aromatic rings. The smallest absolute Gasteiger partial charge is 0.242 e. The van der Waals surface area contributed by atoms with Crippen molar-refractivity contribution in [3.63, 3.8) is 0 Å². The molecule has 1 saturated heterocycles. The number of rotatable bonds is 7. The number of ether oxygens (including phenoxy) is 1. The number of aliphatic hydroxyl groups is 1. The molecule has 0 aliphatic carbocycles. The number of amides is 1. The predicted molar refractivity (Wildman–Crippen MR) is 95.2 cm³/mol. The van der Waals surface area contributed by atoms with Gasteiger partial charge in [0.15, 0.2) is 11.8 Å². The number of hydrogen-bond donors (Lipinski definition) is 3. The van der Waals surface area contributed by atoms with Gasteiger partial charge in [0.1, 0.15) is 12.4 Å². The molecule has 2 heterocycles. The average Bonchev–Trinajstić information content (AvgIpc) is 3.17. The number of nitrogens with one attached hydrogen (secondary N) is 1. The van der Waals surface area contributed by atoms with Gasteiger partial charge in [0.2, 0.25) is 5.91 Å². The van der Waals surface area contributed by atoms with Crippen molar-refractivity contribution < 1.29 is 24.4 Å². The first-order valence-electron chi connectivity index (χ1n) is 8.70. The molecule has 0 aromatic heterocycles. The fraction of sp³-hybridized carbons (Fsp3) is 0.500. The highest BCUT2D eigenvalue weighted by atomic mass is 17.2. The van der Waals surface area contributed by atoms with Crippen LogP contribution in [0.5, 0.6) is 5.75 Å². The number of piperidine rings is 1. The first-order chi connectivity index (χ1) is 12.6. The van der Waals surface area contributed by atoms with Crippen LogP contribution in [0.1, 0.15) is 18.4 Å². The highest BCUT2D eigenvalue weighted by Gasteiger charge is 2.34. The summed E-state index contributed by atoms with van der Waals surface area (Å²) >= 11 is 0. The van der Waals surface area contributed by atoms with Gasteiger partial charge in [-0.05, 0) is 25.0 Å². The fourth-order valence-corrected chi connectivity index (χ4v) is 3.46. The van der Waals surface area contributed by atoms with Crippen LogP contribution < -0.4 is 15.8 Å². The maximum atomic E-state index is 11.9. The number of nitrogens with two attached hydrogens (primary N) is 1. The number of methoxy groups -OCH3 is 1. The highest BCUT2D eigenvalue weighted by Crippen LogP contribution is 2.31. The molecular formula is C18H25N3O5. The highest BCUT2D eigenvalue weighted by molar-refractivity contribution is 5.82. The predicted octanol–water partition coefficient (Wildman–Crippen LogP) is 0.763. The number of hydrogen-bond acceptors (Lipinski definition) is 7. The normalized spacial score (nSPS) is 19.5. The Hall–Kier alpha value is -2.29. The van der Waals surface area contributed by atoms with Crippen molar-refractivity contribution in [2.24, 2.45) is 5.73 Å². The third-order valence-corrected chi connectivity index (χ3v) is 4.79. The van der Waals surface area contributed by atoms with Gasteiger partial charge in [-0.2, -0.15) is 4.89 Å². The molecular weight excluding hydrogens is 338 g/mol. The van der Waals surface area contributed by atoms with Gasteiger partial charge in [0.25, 0.3) is 0 Å². The Bertz CT molecular complexity index is 649. The summed E-state index contributed by atoms with van der Waals surface area (Å²) in [6.45, 7) is 1.65. The van der Waals surface area contributed by atoms with Crippen LogP contribution in [0.3, 0.4) is 0 Å². The molecule has 4 N–H and O–H groups in total. The van der Waals surface area contributed by atoms with E-state index in [-0.39, 0.29) is 12.6 Å². The number of carbonyl (C=O) groups is 1. The summed E-state index contributed by atoms with van der Waals surface area (Å²) in [5.41, 5.74) is 7.18. The van der Waals surface area contributed by atoms with E-state index in [9.17, 15) is 9.90 Å². The van der Waals surface area contributed by atoms with Crippen LogP contribution in [0.25, 0.3) is 0 Å². The minimum absolute atomic E-state index is 0.0619. The van der Waals surface area contributed by atoms with Crippen molar-refractivity contribution in [3.8, 4) is 5.75 Å². The number of benzene rings is 1. The fourth-order valence-electron chi connectivity index (χ4n) is 3.46. The van der Waals surface area contributed by atoms with E-state index in [0.717, 1.165) is 24.1 Å². The number of aliphatic hydroxyl groups excluding tert-OH is 1. The van der Waals surface area contributed by atoms with E-state index >= 15 is 0 Å². The third-order valence-electron chi connectivity index (χ3n) is 4.79. The summed E-state index contributed by atoms with van der Waals surface area (Å²) in [5, 5.41) is 13.1. The molecule has 8 nitrogen and oxygen atoms in total. The van der Waals surface area contributed by atoms with Gasteiger partial charge >= 0.3 is 0 Å². The van der Waals surface area contributed by atoms with E-state index in [1.165, 1.54) is 0 Å². The maximum absolute atomic E-state index is 11.9. The lowest BCUT2D eigenvalue weighted by Gasteiger charge is -2.36. The molecule has 3 rings (SSSR count). The summed E-state index contributed by atoms with van der Waals surface area (Å²) in [4.78, 5) is 23.8. The average molecular weight is 363 g/mol. The molecule has 142 valence electrons. The molecule has 1 amide bonds. The summed E-state index contributed by atoms with van der Waals surface area (Å²) in [6.07, 6.45) is 3.38. The Labute approximate surface area is 152 Å². The van der Waals surface area contributed by atoms with Gasteiger partial charge in [-0.15, -0.1) is 0 Å². The van der Waals surface area contributed by atoms with Crippen LogP contribution in [-0.4, -0.2) is 54.8 Å². The quantitative estimate of drug-likeness (QED) is 0.614. The van der Waals surface area contributed by atoms with E-state index in [1.54, 1.807) is 13.2 Å². The Balaban J connectivity index is 1.65. The van der Waals surface area contributed by atoms with Gasteiger partial charge in [0, 0.05) is 24.7 Å². The van der Waals surface area contributed by atoms with Crippen LogP contribution in [0.15, 0.2) is 30.0 Å². The first-order valence-corrected chi connectivity index (χ1v) is 8.70. The Kier molecular flexibility index (Phi) is 5.97. The number of carbonyl (C=O) groups excluding carboxylic acids is 1. The van der Waals surface area contributed by atoms with E-state index in [4.69, 9.17) is 20.2 Å². The molecule has 2 aliphatic rings. The Morgan fingerprint density at radius 3 is 2.81 bits per heavy atom. The molecule has 1 unspecified atom stereocenters. The molecule has 1 fully saturated rings. The van der Waals surface area contributed by atoms with Crippen LogP contribution in [0.4, 0.5) is 5.69 Å². The summed E-state index contributed by atoms with van der Waals surface area (Å²) in [7, 11) is 1.61. The molecule has 1 atom stereocenters. The second kappa shape index (κ2) is 8.39. The second-order valence-electron chi connectivity index (χ2n) is 6.39. The zero-order valence-corrected chi connectivity index (χ0v) is 14.8. The van der Waals surface area contributed by atoms with Crippen LogP contribution in [0.2, 0.25) is 0 Å². The number of likely N-dealkylation sites (tertiary alicyclic amines) is 1. The van der Waals surface area contributed by atoms with E-state index < -0.39 is 11.9 Å². The summed E-state index contributed by atoms with van der Waals surface area (Å²) in [5.74, 6) is 0.729. The minimum atomic E-state index is -0.599. The molecule has 0 bridgehead atoms. The van der Waals surface area contributed by atoms with Crippen molar-refractivity contribution in [3.05, 3.63) is 35.6 Å². The van der Waals surface area contributed by atoms with Gasteiger partial charge in [-0.25, -0.2) is 0 Å². The summed E-state index contributed by atoms with van der Waals surface area (Å²) < 4.78 is 5.40. The monoisotopic (exact) mass is 363 g/mol. The van der Waals surface area contributed by atoms with Crippen molar-refractivity contribution in [1.82, 2.24) is 4.90 Å². The molecule has 0 saturated carbocycles. The molecule has 8 heteroatoms. The van der Waals surface area contributed by atoms with Gasteiger partial charge in [-0.1, -0.05) is 12.1 Å². The number of nitrogens with zero attached hydrogens (tertiary/aromatic N) is 1. The number of primary amides is 1. The second-order valence-corrected chi connectivity index (χ2v) is 6.39. The molecule has 0 spiro atoms. The zero-order chi connectivity index (χ0) is 18.5. The molecule has 26 heavy (non-hydrogen) atoms. The van der Waals surface area contributed by atoms with Crippen molar-refractivity contribution >= 4 is 11.6 Å². The summed E-state index contributed by atoms with van der Waals surface area (Å²) in [6, 6.07) is 5.19. The van der Waals surface area contributed by atoms with Crippen molar-refractivity contribution in [2.75, 3.05) is 32.1 Å². The Morgan fingerprint density at radius 2 is 2.23 bits per heavy atom. The van der Waals surface area contributed by atoms with Crippen LogP contribution >= 0.6 is 0 Å². The van der Waals surface area contributed by atoms with Gasteiger partial charge in [0.05, 0.1) is 19.4 Å². The van der Waals surface area contributed by atoms with E-state index in [2.05, 4.69) is 5.32 Å². The maximum Gasteiger partial charge on any atom is 0.242 e.